The van der Waals surface area contributed by atoms with Crippen LogP contribution in [0.4, 0.5) is 0 Å². The summed E-state index contributed by atoms with van der Waals surface area (Å²) in [5, 5.41) is 7.77. The molecule has 0 saturated heterocycles. The highest BCUT2D eigenvalue weighted by atomic mass is 16.5. The summed E-state index contributed by atoms with van der Waals surface area (Å²) in [6.07, 6.45) is 3.53. The monoisotopic (exact) mass is 193 g/mol. The van der Waals surface area contributed by atoms with Crippen LogP contribution in [0.3, 0.4) is 0 Å². The van der Waals surface area contributed by atoms with Gasteiger partial charge in [0.1, 0.15) is 6.54 Å². The summed E-state index contributed by atoms with van der Waals surface area (Å²) in [4.78, 5) is 4.12. The summed E-state index contributed by atoms with van der Waals surface area (Å²) in [7, 11) is 0. The maximum absolute atomic E-state index is 5.59. The molecule has 1 atom stereocenters. The van der Waals surface area contributed by atoms with Crippen molar-refractivity contribution in [2.45, 2.75) is 19.5 Å². The van der Waals surface area contributed by atoms with Gasteiger partial charge in [-0.25, -0.2) is 0 Å². The van der Waals surface area contributed by atoms with E-state index in [1.165, 1.54) is 0 Å². The van der Waals surface area contributed by atoms with Crippen molar-refractivity contribution in [3.8, 4) is 0 Å². The molecule has 0 spiro atoms. The fraction of sp³-hybridized carbons (Fsp3) is 0.375. The summed E-state index contributed by atoms with van der Waals surface area (Å²) >= 11 is 0. The molecule has 6 heteroatoms. The van der Waals surface area contributed by atoms with Crippen LogP contribution in [0, 0.1) is 0 Å². The predicted octanol–water partition coefficient (Wildman–Crippen LogP) is 0.334. The number of hydrogen-bond donors (Lipinski definition) is 1. The van der Waals surface area contributed by atoms with Crippen molar-refractivity contribution in [1.29, 1.82) is 0 Å². The smallest absolute Gasteiger partial charge is 0.248 e. The van der Waals surface area contributed by atoms with E-state index in [4.69, 9.17) is 10.3 Å². The fourth-order valence-electron chi connectivity index (χ4n) is 1.05. The van der Waals surface area contributed by atoms with Crippen molar-refractivity contribution < 1.29 is 4.52 Å². The largest absolute Gasteiger partial charge is 0.337 e. The van der Waals surface area contributed by atoms with Gasteiger partial charge in [0, 0.05) is 12.4 Å². The van der Waals surface area contributed by atoms with Crippen LogP contribution in [0.1, 0.15) is 24.7 Å². The van der Waals surface area contributed by atoms with Crippen molar-refractivity contribution in [2.24, 2.45) is 5.73 Å². The SMILES string of the molecule is CC(N)c1noc(Cn2cccn2)n1. The van der Waals surface area contributed by atoms with Crippen molar-refractivity contribution in [3.05, 3.63) is 30.2 Å². The summed E-state index contributed by atoms with van der Waals surface area (Å²) in [5.74, 6) is 1.04. The van der Waals surface area contributed by atoms with Crippen LogP contribution in [0.25, 0.3) is 0 Å². The first-order valence-corrected chi connectivity index (χ1v) is 4.31. The highest BCUT2D eigenvalue weighted by Gasteiger charge is 2.09. The Morgan fingerprint density at radius 3 is 3.07 bits per heavy atom. The van der Waals surface area contributed by atoms with Crippen molar-refractivity contribution in [2.75, 3.05) is 0 Å². The van der Waals surface area contributed by atoms with Gasteiger partial charge in [0.15, 0.2) is 5.82 Å². The molecule has 2 aromatic rings. The van der Waals surface area contributed by atoms with Gasteiger partial charge in [0.05, 0.1) is 6.04 Å². The van der Waals surface area contributed by atoms with Crippen LogP contribution in [-0.2, 0) is 6.54 Å². The maximum atomic E-state index is 5.59. The zero-order valence-electron chi connectivity index (χ0n) is 7.79. The van der Waals surface area contributed by atoms with E-state index < -0.39 is 0 Å². The third-order valence-corrected chi connectivity index (χ3v) is 1.75. The Balaban J connectivity index is 2.11. The first kappa shape index (κ1) is 8.89. The van der Waals surface area contributed by atoms with Gasteiger partial charge in [-0.05, 0) is 13.0 Å². The minimum Gasteiger partial charge on any atom is -0.337 e. The molecule has 0 aromatic carbocycles. The molecule has 0 saturated carbocycles. The molecule has 0 aliphatic rings. The second kappa shape index (κ2) is 3.59. The number of aromatic nitrogens is 4. The van der Waals surface area contributed by atoms with Crippen LogP contribution in [0.5, 0.6) is 0 Å². The van der Waals surface area contributed by atoms with E-state index in [1.54, 1.807) is 10.9 Å². The molecule has 0 aliphatic carbocycles. The van der Waals surface area contributed by atoms with Crippen molar-refractivity contribution in [1.82, 2.24) is 19.9 Å². The Labute approximate surface area is 80.7 Å². The van der Waals surface area contributed by atoms with Gasteiger partial charge < -0.3 is 10.3 Å². The Bertz CT molecular complexity index is 392. The molecule has 6 nitrogen and oxygen atoms in total. The number of hydrogen-bond acceptors (Lipinski definition) is 5. The van der Waals surface area contributed by atoms with Gasteiger partial charge in [-0.15, -0.1) is 0 Å². The predicted molar refractivity (Wildman–Crippen MR) is 48.2 cm³/mol. The molecule has 0 radical (unpaired) electrons. The average Bonchev–Trinajstić information content (AvgIpc) is 2.75. The fourth-order valence-corrected chi connectivity index (χ4v) is 1.05. The molecule has 0 fully saturated rings. The molecule has 0 aliphatic heterocycles. The minimum absolute atomic E-state index is 0.204. The van der Waals surface area contributed by atoms with Crippen LogP contribution in [-0.4, -0.2) is 19.9 Å². The normalized spacial score (nSPS) is 13.0. The number of nitrogens with two attached hydrogens (primary N) is 1. The third kappa shape index (κ3) is 1.80. The third-order valence-electron chi connectivity index (χ3n) is 1.75. The molecule has 74 valence electrons. The topological polar surface area (TPSA) is 82.8 Å². The quantitative estimate of drug-likeness (QED) is 0.759. The summed E-state index contributed by atoms with van der Waals surface area (Å²) < 4.78 is 6.70. The van der Waals surface area contributed by atoms with E-state index in [-0.39, 0.29) is 6.04 Å². The number of rotatable bonds is 3. The molecule has 2 N–H and O–H groups in total. The average molecular weight is 193 g/mol. The van der Waals surface area contributed by atoms with E-state index in [1.807, 2.05) is 19.2 Å². The molecule has 0 amide bonds. The lowest BCUT2D eigenvalue weighted by atomic mass is 10.3. The van der Waals surface area contributed by atoms with Gasteiger partial charge >= 0.3 is 0 Å². The Kier molecular flexibility index (Phi) is 2.28. The van der Waals surface area contributed by atoms with E-state index >= 15 is 0 Å². The van der Waals surface area contributed by atoms with Gasteiger partial charge in [0.2, 0.25) is 5.89 Å². The van der Waals surface area contributed by atoms with E-state index in [0.717, 1.165) is 0 Å². The molecule has 1 unspecified atom stereocenters. The molecular weight excluding hydrogens is 182 g/mol. The summed E-state index contributed by atoms with van der Waals surface area (Å²) in [5.41, 5.74) is 5.59. The van der Waals surface area contributed by atoms with Crippen LogP contribution < -0.4 is 5.73 Å². The van der Waals surface area contributed by atoms with Crippen LogP contribution >= 0.6 is 0 Å². The lowest BCUT2D eigenvalue weighted by Gasteiger charge is -1.94. The van der Waals surface area contributed by atoms with Crippen molar-refractivity contribution in [3.63, 3.8) is 0 Å². The van der Waals surface area contributed by atoms with Gasteiger partial charge in [-0.3, -0.25) is 4.68 Å². The molecule has 2 aromatic heterocycles. The zero-order chi connectivity index (χ0) is 9.97. The second-order valence-corrected chi connectivity index (χ2v) is 3.04. The lowest BCUT2D eigenvalue weighted by molar-refractivity contribution is 0.359. The minimum atomic E-state index is -0.204. The summed E-state index contributed by atoms with van der Waals surface area (Å²) in [6.45, 7) is 2.29. The highest BCUT2D eigenvalue weighted by Crippen LogP contribution is 2.05. The molecule has 2 rings (SSSR count). The van der Waals surface area contributed by atoms with Gasteiger partial charge in [0.25, 0.3) is 0 Å². The standard InChI is InChI=1S/C8H11N5O/c1-6(9)8-11-7(14-12-8)5-13-4-2-3-10-13/h2-4,6H,5,9H2,1H3. The van der Waals surface area contributed by atoms with Gasteiger partial charge in [-0.2, -0.15) is 10.1 Å². The van der Waals surface area contributed by atoms with Crippen LogP contribution in [0.2, 0.25) is 0 Å². The molecule has 0 bridgehead atoms. The van der Waals surface area contributed by atoms with E-state index in [9.17, 15) is 0 Å². The zero-order valence-corrected chi connectivity index (χ0v) is 7.79. The first-order valence-electron chi connectivity index (χ1n) is 4.31. The second-order valence-electron chi connectivity index (χ2n) is 3.04. The Morgan fingerprint density at radius 1 is 1.64 bits per heavy atom. The van der Waals surface area contributed by atoms with Crippen molar-refractivity contribution >= 4 is 0 Å². The van der Waals surface area contributed by atoms with Crippen LogP contribution in [0.15, 0.2) is 23.0 Å². The van der Waals surface area contributed by atoms with E-state index in [0.29, 0.717) is 18.3 Å². The highest BCUT2D eigenvalue weighted by molar-refractivity contribution is 4.92. The Hall–Kier alpha value is -1.69. The molecular formula is C8H11N5O. The summed E-state index contributed by atoms with van der Waals surface area (Å²) in [6, 6.07) is 1.63. The van der Waals surface area contributed by atoms with E-state index in [2.05, 4.69) is 15.2 Å². The Morgan fingerprint density at radius 2 is 2.50 bits per heavy atom. The van der Waals surface area contributed by atoms with Gasteiger partial charge in [-0.1, -0.05) is 5.16 Å². The lowest BCUT2D eigenvalue weighted by Crippen LogP contribution is -2.07. The first-order chi connectivity index (χ1) is 6.75. The molecule has 2 heterocycles. The number of nitrogens with zero attached hydrogens (tertiary/aromatic N) is 4. The maximum Gasteiger partial charge on any atom is 0.248 e. The molecule has 14 heavy (non-hydrogen) atoms.